The standard InChI is InChI=1S/C22H26N2O4S/c1-17(2)19-6-8-20(9-7-19)23-22(25)12-5-18-3-10-21(11-4-18)29(26,27)24-13-15-28-16-14-24/h3-12,17H,13-16H2,1-2H3,(H,23,25)/b12-5-. The van der Waals surface area contributed by atoms with E-state index in [1.54, 1.807) is 30.3 Å². The lowest BCUT2D eigenvalue weighted by atomic mass is 10.0. The number of amides is 1. The Balaban J connectivity index is 1.61. The first-order valence-corrected chi connectivity index (χ1v) is 11.1. The Labute approximate surface area is 172 Å². The molecule has 0 bridgehead atoms. The summed E-state index contributed by atoms with van der Waals surface area (Å²) in [7, 11) is -3.51. The summed E-state index contributed by atoms with van der Waals surface area (Å²) >= 11 is 0. The highest BCUT2D eigenvalue weighted by atomic mass is 32.2. The lowest BCUT2D eigenvalue weighted by Gasteiger charge is -2.26. The number of hydrogen-bond acceptors (Lipinski definition) is 4. The van der Waals surface area contributed by atoms with Crippen molar-refractivity contribution in [1.82, 2.24) is 4.31 Å². The molecule has 6 nitrogen and oxygen atoms in total. The molecule has 154 valence electrons. The quantitative estimate of drug-likeness (QED) is 0.735. The minimum atomic E-state index is -3.51. The van der Waals surface area contributed by atoms with E-state index in [2.05, 4.69) is 19.2 Å². The van der Waals surface area contributed by atoms with Gasteiger partial charge in [-0.3, -0.25) is 4.79 Å². The van der Waals surface area contributed by atoms with Gasteiger partial charge in [0.15, 0.2) is 0 Å². The van der Waals surface area contributed by atoms with Crippen molar-refractivity contribution in [3.63, 3.8) is 0 Å². The van der Waals surface area contributed by atoms with Crippen molar-refractivity contribution in [1.29, 1.82) is 0 Å². The summed E-state index contributed by atoms with van der Waals surface area (Å²) in [6, 6.07) is 14.3. The first kappa shape index (κ1) is 21.2. The van der Waals surface area contributed by atoms with E-state index >= 15 is 0 Å². The fourth-order valence-corrected chi connectivity index (χ4v) is 4.40. The normalized spacial score (nSPS) is 15.7. The van der Waals surface area contributed by atoms with Crippen LogP contribution in [-0.4, -0.2) is 44.9 Å². The molecule has 1 heterocycles. The first-order chi connectivity index (χ1) is 13.9. The molecule has 2 aromatic carbocycles. The highest BCUT2D eigenvalue weighted by Crippen LogP contribution is 2.19. The predicted octanol–water partition coefficient (Wildman–Crippen LogP) is 3.48. The number of nitrogens with one attached hydrogen (secondary N) is 1. The number of benzene rings is 2. The van der Waals surface area contributed by atoms with E-state index in [4.69, 9.17) is 4.74 Å². The number of ether oxygens (including phenoxy) is 1. The molecule has 0 radical (unpaired) electrons. The van der Waals surface area contributed by atoms with E-state index in [1.165, 1.54) is 15.9 Å². The molecule has 3 rings (SSSR count). The van der Waals surface area contributed by atoms with Crippen LogP contribution in [0.4, 0.5) is 5.69 Å². The summed E-state index contributed by atoms with van der Waals surface area (Å²) in [5.41, 5.74) is 2.69. The highest BCUT2D eigenvalue weighted by molar-refractivity contribution is 7.89. The summed E-state index contributed by atoms with van der Waals surface area (Å²) in [4.78, 5) is 12.4. The zero-order valence-electron chi connectivity index (χ0n) is 16.7. The summed E-state index contributed by atoms with van der Waals surface area (Å²) < 4.78 is 31.9. The van der Waals surface area contributed by atoms with Crippen LogP contribution in [0.5, 0.6) is 0 Å². The smallest absolute Gasteiger partial charge is 0.248 e. The third-order valence-corrected chi connectivity index (χ3v) is 6.67. The Morgan fingerprint density at radius 2 is 1.66 bits per heavy atom. The zero-order chi connectivity index (χ0) is 20.9. The van der Waals surface area contributed by atoms with Gasteiger partial charge >= 0.3 is 0 Å². The van der Waals surface area contributed by atoms with E-state index < -0.39 is 10.0 Å². The van der Waals surface area contributed by atoms with E-state index in [0.29, 0.717) is 32.2 Å². The van der Waals surface area contributed by atoms with Crippen LogP contribution in [0.2, 0.25) is 0 Å². The van der Waals surface area contributed by atoms with E-state index in [9.17, 15) is 13.2 Å². The zero-order valence-corrected chi connectivity index (χ0v) is 17.5. The van der Waals surface area contributed by atoms with Crippen molar-refractivity contribution in [3.8, 4) is 0 Å². The highest BCUT2D eigenvalue weighted by Gasteiger charge is 2.25. The number of morpholine rings is 1. The molecular formula is C22H26N2O4S. The molecule has 0 saturated carbocycles. The molecule has 1 aliphatic heterocycles. The second kappa shape index (κ2) is 9.35. The SMILES string of the molecule is CC(C)c1ccc(NC(=O)/C=C\c2ccc(S(=O)(=O)N3CCOCC3)cc2)cc1. The molecule has 1 amide bonds. The molecule has 7 heteroatoms. The van der Waals surface area contributed by atoms with E-state index in [-0.39, 0.29) is 10.8 Å². The molecule has 1 fully saturated rings. The van der Waals surface area contributed by atoms with Gasteiger partial charge in [0.1, 0.15) is 0 Å². The fraction of sp³-hybridized carbons (Fsp3) is 0.318. The molecule has 0 unspecified atom stereocenters. The molecule has 0 aliphatic carbocycles. The average molecular weight is 415 g/mol. The first-order valence-electron chi connectivity index (χ1n) is 9.63. The maximum absolute atomic E-state index is 12.6. The van der Waals surface area contributed by atoms with Crippen molar-refractivity contribution in [3.05, 3.63) is 65.7 Å². The largest absolute Gasteiger partial charge is 0.379 e. The molecule has 1 saturated heterocycles. The Morgan fingerprint density at radius 3 is 2.24 bits per heavy atom. The third kappa shape index (κ3) is 5.53. The Kier molecular flexibility index (Phi) is 6.84. The lowest BCUT2D eigenvalue weighted by Crippen LogP contribution is -2.40. The van der Waals surface area contributed by atoms with Crippen molar-refractivity contribution >= 4 is 27.7 Å². The molecule has 2 aromatic rings. The van der Waals surface area contributed by atoms with Gasteiger partial charge in [-0.1, -0.05) is 38.1 Å². The third-order valence-electron chi connectivity index (χ3n) is 4.76. The van der Waals surface area contributed by atoms with Crippen LogP contribution in [-0.2, 0) is 19.6 Å². The molecular weight excluding hydrogens is 388 g/mol. The molecule has 0 aromatic heterocycles. The van der Waals surface area contributed by atoms with Crippen LogP contribution < -0.4 is 5.32 Å². The maximum atomic E-state index is 12.6. The number of carbonyl (C=O) groups is 1. The molecule has 1 N–H and O–H groups in total. The summed E-state index contributed by atoms with van der Waals surface area (Å²) in [5, 5.41) is 2.82. The maximum Gasteiger partial charge on any atom is 0.248 e. The number of nitrogens with zero attached hydrogens (tertiary/aromatic N) is 1. The van der Waals surface area contributed by atoms with Crippen LogP contribution >= 0.6 is 0 Å². The van der Waals surface area contributed by atoms with Crippen LogP contribution in [0.1, 0.15) is 30.9 Å². The monoisotopic (exact) mass is 414 g/mol. The van der Waals surface area contributed by atoms with Gasteiger partial charge in [-0.05, 0) is 47.4 Å². The van der Waals surface area contributed by atoms with Crippen molar-refractivity contribution in [2.75, 3.05) is 31.6 Å². The molecule has 0 atom stereocenters. The second-order valence-corrected chi connectivity index (χ2v) is 9.12. The number of anilines is 1. The van der Waals surface area contributed by atoms with E-state index in [1.807, 2.05) is 24.3 Å². The number of sulfonamides is 1. The Bertz CT molecular complexity index is 959. The topological polar surface area (TPSA) is 75.7 Å². The van der Waals surface area contributed by atoms with Gasteiger partial charge in [0.25, 0.3) is 0 Å². The van der Waals surface area contributed by atoms with Gasteiger partial charge < -0.3 is 10.1 Å². The van der Waals surface area contributed by atoms with Gasteiger partial charge in [-0.25, -0.2) is 8.42 Å². The number of rotatable bonds is 6. The van der Waals surface area contributed by atoms with Crippen LogP contribution in [0.3, 0.4) is 0 Å². The Hall–Kier alpha value is -2.48. The van der Waals surface area contributed by atoms with Gasteiger partial charge in [-0.15, -0.1) is 0 Å². The van der Waals surface area contributed by atoms with Crippen molar-refractivity contribution in [2.45, 2.75) is 24.7 Å². The number of carbonyl (C=O) groups excluding carboxylic acids is 1. The van der Waals surface area contributed by atoms with Gasteiger partial charge in [-0.2, -0.15) is 4.31 Å². The average Bonchev–Trinajstić information content (AvgIpc) is 2.73. The molecule has 0 spiro atoms. The van der Waals surface area contributed by atoms with Crippen LogP contribution in [0.15, 0.2) is 59.5 Å². The van der Waals surface area contributed by atoms with Crippen LogP contribution in [0, 0.1) is 0 Å². The second-order valence-electron chi connectivity index (χ2n) is 7.18. The molecule has 1 aliphatic rings. The lowest BCUT2D eigenvalue weighted by molar-refractivity contribution is -0.111. The van der Waals surface area contributed by atoms with Gasteiger partial charge in [0.05, 0.1) is 18.1 Å². The van der Waals surface area contributed by atoms with Crippen molar-refractivity contribution < 1.29 is 17.9 Å². The molecule has 29 heavy (non-hydrogen) atoms. The summed E-state index contributed by atoms with van der Waals surface area (Å²) in [5.74, 6) is 0.196. The van der Waals surface area contributed by atoms with Gasteiger partial charge in [0.2, 0.25) is 15.9 Å². The predicted molar refractivity (Wildman–Crippen MR) is 114 cm³/mol. The summed E-state index contributed by atoms with van der Waals surface area (Å²) in [6.45, 7) is 5.79. The Morgan fingerprint density at radius 1 is 1.03 bits per heavy atom. The summed E-state index contributed by atoms with van der Waals surface area (Å²) in [6.07, 6.45) is 3.09. The van der Waals surface area contributed by atoms with Gasteiger partial charge in [0, 0.05) is 24.9 Å². The van der Waals surface area contributed by atoms with Crippen LogP contribution in [0.25, 0.3) is 6.08 Å². The fourth-order valence-electron chi connectivity index (χ4n) is 2.99. The van der Waals surface area contributed by atoms with Crippen molar-refractivity contribution in [2.24, 2.45) is 0 Å². The minimum Gasteiger partial charge on any atom is -0.379 e. The van der Waals surface area contributed by atoms with E-state index in [0.717, 1.165) is 11.3 Å². The minimum absolute atomic E-state index is 0.242. The number of hydrogen-bond donors (Lipinski definition) is 1.